The van der Waals surface area contributed by atoms with Crippen molar-refractivity contribution < 1.29 is 13.2 Å². The van der Waals surface area contributed by atoms with Gasteiger partial charge >= 0.3 is 0 Å². The standard InChI is InChI=1S/C13H26N2O3S/c1-18-9-11-5-7-15(8-11)13(10-14)6-3-4-12(13)19(2,16)17/h11-12H,3-10,14H2,1-2H3. The fourth-order valence-electron chi connectivity index (χ4n) is 3.97. The lowest BCUT2D eigenvalue weighted by Gasteiger charge is -2.42. The molecule has 0 spiro atoms. The van der Waals surface area contributed by atoms with E-state index in [-0.39, 0.29) is 10.8 Å². The second-order valence-corrected chi connectivity index (χ2v) is 8.30. The molecule has 2 rings (SSSR count). The molecule has 2 fully saturated rings. The summed E-state index contributed by atoms with van der Waals surface area (Å²) in [6.07, 6.45) is 5.05. The Morgan fingerprint density at radius 3 is 2.74 bits per heavy atom. The summed E-state index contributed by atoms with van der Waals surface area (Å²) < 4.78 is 29.4. The molecule has 0 aromatic carbocycles. The minimum Gasteiger partial charge on any atom is -0.384 e. The van der Waals surface area contributed by atoms with E-state index < -0.39 is 9.84 Å². The zero-order chi connectivity index (χ0) is 14.1. The molecule has 112 valence electrons. The fourth-order valence-corrected chi connectivity index (χ4v) is 5.72. The predicted octanol–water partition coefficient (Wildman–Crippen LogP) is 0.249. The number of ether oxygens (including phenoxy) is 1. The molecule has 0 aromatic heterocycles. The summed E-state index contributed by atoms with van der Waals surface area (Å²) in [7, 11) is -1.32. The number of hydrogen-bond acceptors (Lipinski definition) is 5. The zero-order valence-electron chi connectivity index (χ0n) is 12.0. The van der Waals surface area contributed by atoms with Crippen molar-refractivity contribution in [1.82, 2.24) is 4.90 Å². The monoisotopic (exact) mass is 290 g/mol. The van der Waals surface area contributed by atoms with E-state index in [1.807, 2.05) is 0 Å². The SMILES string of the molecule is COCC1CCN(C2(CN)CCCC2S(C)(=O)=O)C1. The molecule has 0 bridgehead atoms. The highest BCUT2D eigenvalue weighted by Crippen LogP contribution is 2.41. The van der Waals surface area contributed by atoms with Gasteiger partial charge in [0, 0.05) is 32.0 Å². The summed E-state index contributed by atoms with van der Waals surface area (Å²) >= 11 is 0. The number of methoxy groups -OCH3 is 1. The van der Waals surface area contributed by atoms with E-state index in [0.717, 1.165) is 45.4 Å². The summed E-state index contributed by atoms with van der Waals surface area (Å²) in [5.41, 5.74) is 5.68. The van der Waals surface area contributed by atoms with E-state index in [0.29, 0.717) is 12.5 Å². The second kappa shape index (κ2) is 5.68. The molecule has 1 aliphatic heterocycles. The van der Waals surface area contributed by atoms with E-state index in [1.165, 1.54) is 6.26 Å². The topological polar surface area (TPSA) is 72.6 Å². The van der Waals surface area contributed by atoms with Crippen LogP contribution in [0.15, 0.2) is 0 Å². The molecule has 0 aromatic rings. The molecule has 0 amide bonds. The van der Waals surface area contributed by atoms with Crippen LogP contribution in [0.3, 0.4) is 0 Å². The summed E-state index contributed by atoms with van der Waals surface area (Å²) in [4.78, 5) is 2.33. The first kappa shape index (κ1) is 15.2. The molecule has 2 aliphatic rings. The molecule has 0 radical (unpaired) electrons. The average Bonchev–Trinajstić information content (AvgIpc) is 2.94. The highest BCUT2D eigenvalue weighted by molar-refractivity contribution is 7.91. The van der Waals surface area contributed by atoms with Crippen LogP contribution in [0.4, 0.5) is 0 Å². The number of rotatable bonds is 5. The Morgan fingerprint density at radius 1 is 1.42 bits per heavy atom. The molecule has 1 saturated heterocycles. The summed E-state index contributed by atoms with van der Waals surface area (Å²) in [6, 6.07) is 0. The Bertz CT molecular complexity index is 412. The number of hydrogen-bond donors (Lipinski definition) is 1. The van der Waals surface area contributed by atoms with Crippen molar-refractivity contribution in [1.29, 1.82) is 0 Å². The van der Waals surface area contributed by atoms with Crippen LogP contribution < -0.4 is 5.73 Å². The third kappa shape index (κ3) is 2.82. The van der Waals surface area contributed by atoms with Gasteiger partial charge in [0.1, 0.15) is 0 Å². The zero-order valence-corrected chi connectivity index (χ0v) is 12.8. The number of nitrogens with two attached hydrogens (primary N) is 1. The van der Waals surface area contributed by atoms with Crippen molar-refractivity contribution in [3.8, 4) is 0 Å². The number of likely N-dealkylation sites (tertiary alicyclic amines) is 1. The van der Waals surface area contributed by atoms with Crippen LogP contribution in [0.25, 0.3) is 0 Å². The highest BCUT2D eigenvalue weighted by atomic mass is 32.2. The average molecular weight is 290 g/mol. The van der Waals surface area contributed by atoms with Crippen LogP contribution in [0, 0.1) is 5.92 Å². The van der Waals surface area contributed by atoms with Crippen molar-refractivity contribution in [3.05, 3.63) is 0 Å². The smallest absolute Gasteiger partial charge is 0.152 e. The minimum absolute atomic E-state index is 0.300. The van der Waals surface area contributed by atoms with E-state index in [2.05, 4.69) is 4.90 Å². The van der Waals surface area contributed by atoms with E-state index in [4.69, 9.17) is 10.5 Å². The van der Waals surface area contributed by atoms with E-state index >= 15 is 0 Å². The molecule has 3 unspecified atom stereocenters. The minimum atomic E-state index is -3.04. The molecule has 3 atom stereocenters. The van der Waals surface area contributed by atoms with Gasteiger partial charge in [-0.15, -0.1) is 0 Å². The fraction of sp³-hybridized carbons (Fsp3) is 1.00. The van der Waals surface area contributed by atoms with Crippen molar-refractivity contribution in [2.75, 3.05) is 39.6 Å². The molecule has 1 heterocycles. The molecule has 1 saturated carbocycles. The summed E-state index contributed by atoms with van der Waals surface area (Å²) in [6.45, 7) is 3.04. The molecular formula is C13H26N2O3S. The third-order valence-corrected chi connectivity index (χ3v) is 6.57. The Hall–Kier alpha value is -0.170. The van der Waals surface area contributed by atoms with Crippen molar-refractivity contribution in [2.24, 2.45) is 11.7 Å². The van der Waals surface area contributed by atoms with Gasteiger partial charge in [0.05, 0.1) is 11.9 Å². The maximum Gasteiger partial charge on any atom is 0.152 e. The first-order valence-corrected chi connectivity index (χ1v) is 9.02. The highest BCUT2D eigenvalue weighted by Gasteiger charge is 2.52. The maximum atomic E-state index is 12.1. The predicted molar refractivity (Wildman–Crippen MR) is 75.8 cm³/mol. The summed E-state index contributed by atoms with van der Waals surface area (Å²) in [5, 5.41) is -0.300. The van der Waals surface area contributed by atoms with Gasteiger partial charge in [-0.3, -0.25) is 4.90 Å². The Kier molecular flexibility index (Phi) is 4.55. The van der Waals surface area contributed by atoms with Crippen LogP contribution in [0.5, 0.6) is 0 Å². The van der Waals surface area contributed by atoms with Crippen molar-refractivity contribution in [3.63, 3.8) is 0 Å². The molecular weight excluding hydrogens is 264 g/mol. The molecule has 6 heteroatoms. The molecule has 1 aliphatic carbocycles. The van der Waals surface area contributed by atoms with Gasteiger partial charge in [-0.25, -0.2) is 8.42 Å². The van der Waals surface area contributed by atoms with Gasteiger partial charge in [-0.05, 0) is 31.7 Å². The second-order valence-electron chi connectivity index (χ2n) is 6.07. The van der Waals surface area contributed by atoms with Gasteiger partial charge in [0.25, 0.3) is 0 Å². The number of nitrogens with zero attached hydrogens (tertiary/aromatic N) is 1. The van der Waals surface area contributed by atoms with Gasteiger partial charge in [0.15, 0.2) is 9.84 Å². The van der Waals surface area contributed by atoms with E-state index in [9.17, 15) is 8.42 Å². The van der Waals surface area contributed by atoms with Crippen molar-refractivity contribution in [2.45, 2.75) is 36.5 Å². The first-order chi connectivity index (χ1) is 8.94. The van der Waals surface area contributed by atoms with Crippen molar-refractivity contribution >= 4 is 9.84 Å². The summed E-state index contributed by atoms with van der Waals surface area (Å²) in [5.74, 6) is 0.509. The van der Waals surface area contributed by atoms with Crippen LogP contribution in [0.2, 0.25) is 0 Å². The van der Waals surface area contributed by atoms with Gasteiger partial charge in [0.2, 0.25) is 0 Å². The van der Waals surface area contributed by atoms with Gasteiger partial charge in [-0.2, -0.15) is 0 Å². The van der Waals surface area contributed by atoms with Gasteiger partial charge < -0.3 is 10.5 Å². The molecule has 2 N–H and O–H groups in total. The lowest BCUT2D eigenvalue weighted by atomic mass is 9.95. The quantitative estimate of drug-likeness (QED) is 0.786. The van der Waals surface area contributed by atoms with Crippen LogP contribution in [-0.2, 0) is 14.6 Å². The largest absolute Gasteiger partial charge is 0.384 e. The lowest BCUT2D eigenvalue weighted by molar-refractivity contribution is 0.109. The number of sulfone groups is 1. The molecule has 5 nitrogen and oxygen atoms in total. The van der Waals surface area contributed by atoms with Crippen LogP contribution in [0.1, 0.15) is 25.7 Å². The van der Waals surface area contributed by atoms with E-state index in [1.54, 1.807) is 7.11 Å². The Balaban J connectivity index is 2.19. The van der Waals surface area contributed by atoms with Crippen LogP contribution >= 0.6 is 0 Å². The third-order valence-electron chi connectivity index (χ3n) is 4.86. The first-order valence-electron chi connectivity index (χ1n) is 7.07. The Labute approximate surface area is 116 Å². The van der Waals surface area contributed by atoms with Crippen LogP contribution in [-0.4, -0.2) is 63.7 Å². The van der Waals surface area contributed by atoms with Gasteiger partial charge in [-0.1, -0.05) is 6.42 Å². The lowest BCUT2D eigenvalue weighted by Crippen LogP contribution is -2.59. The Morgan fingerprint density at radius 2 is 2.16 bits per heavy atom. The normalized spacial score (nSPS) is 37.0. The molecule has 19 heavy (non-hydrogen) atoms. The maximum absolute atomic E-state index is 12.1.